The molecule has 0 spiro atoms. The van der Waals surface area contributed by atoms with Crippen molar-refractivity contribution >= 4 is 0 Å². The number of hydrogen-bond acceptors (Lipinski definition) is 4. The Balaban J connectivity index is 1.60. The molecule has 18 heavy (non-hydrogen) atoms. The van der Waals surface area contributed by atoms with E-state index in [1.54, 1.807) is 0 Å². The van der Waals surface area contributed by atoms with Crippen molar-refractivity contribution in [3.8, 4) is 0 Å². The van der Waals surface area contributed by atoms with Gasteiger partial charge in [0.2, 0.25) is 0 Å². The third-order valence-electron chi connectivity index (χ3n) is 3.27. The van der Waals surface area contributed by atoms with Gasteiger partial charge in [-0.1, -0.05) is 0 Å². The Morgan fingerprint density at radius 1 is 1.44 bits per heavy atom. The third-order valence-corrected chi connectivity index (χ3v) is 3.27. The van der Waals surface area contributed by atoms with Gasteiger partial charge in [-0.25, -0.2) is 0 Å². The van der Waals surface area contributed by atoms with Gasteiger partial charge in [0.1, 0.15) is 0 Å². The molecule has 1 unspecified atom stereocenters. The molecular formula is C14H23N3O. The average molecular weight is 249 g/mol. The average Bonchev–Trinajstić information content (AvgIpc) is 3.19. The van der Waals surface area contributed by atoms with E-state index in [9.17, 15) is 5.11 Å². The van der Waals surface area contributed by atoms with E-state index in [0.29, 0.717) is 12.6 Å². The summed E-state index contributed by atoms with van der Waals surface area (Å²) in [6.07, 6.45) is 6.91. The fourth-order valence-corrected chi connectivity index (χ4v) is 1.98. The van der Waals surface area contributed by atoms with Crippen molar-refractivity contribution in [2.24, 2.45) is 0 Å². The molecule has 1 atom stereocenters. The van der Waals surface area contributed by atoms with Crippen LogP contribution >= 0.6 is 0 Å². The van der Waals surface area contributed by atoms with Crippen LogP contribution in [0.15, 0.2) is 24.5 Å². The number of nitrogens with zero attached hydrogens (tertiary/aromatic N) is 2. The quantitative estimate of drug-likeness (QED) is 0.711. The lowest BCUT2D eigenvalue weighted by molar-refractivity contribution is 0.124. The highest BCUT2D eigenvalue weighted by molar-refractivity contribution is 5.09. The van der Waals surface area contributed by atoms with Crippen LogP contribution in [-0.4, -0.2) is 53.8 Å². The molecule has 1 aromatic heterocycles. The number of likely N-dealkylation sites (N-methyl/N-ethyl adjacent to an activating group) is 1. The molecule has 0 aliphatic heterocycles. The van der Waals surface area contributed by atoms with Crippen molar-refractivity contribution in [2.75, 3.05) is 26.7 Å². The van der Waals surface area contributed by atoms with Crippen LogP contribution in [0.25, 0.3) is 0 Å². The van der Waals surface area contributed by atoms with Crippen molar-refractivity contribution in [3.63, 3.8) is 0 Å². The lowest BCUT2D eigenvalue weighted by atomic mass is 10.2. The van der Waals surface area contributed by atoms with E-state index in [2.05, 4.69) is 22.2 Å². The summed E-state index contributed by atoms with van der Waals surface area (Å²) in [5.74, 6) is 0. The number of nitrogens with one attached hydrogen (secondary N) is 1. The zero-order valence-electron chi connectivity index (χ0n) is 11.0. The first kappa shape index (κ1) is 13.5. The fraction of sp³-hybridized carbons (Fsp3) is 0.643. The lowest BCUT2D eigenvalue weighted by Crippen LogP contribution is -2.38. The van der Waals surface area contributed by atoms with Gasteiger partial charge in [-0.3, -0.25) is 4.98 Å². The Kier molecular flexibility index (Phi) is 5.11. The predicted molar refractivity (Wildman–Crippen MR) is 72.5 cm³/mol. The van der Waals surface area contributed by atoms with Gasteiger partial charge < -0.3 is 15.3 Å². The highest BCUT2D eigenvalue weighted by atomic mass is 16.3. The first-order valence-electron chi connectivity index (χ1n) is 6.73. The van der Waals surface area contributed by atoms with Crippen molar-refractivity contribution in [3.05, 3.63) is 30.1 Å². The number of aliphatic hydroxyl groups is 1. The second kappa shape index (κ2) is 6.83. The van der Waals surface area contributed by atoms with E-state index in [4.69, 9.17) is 0 Å². The maximum atomic E-state index is 9.88. The van der Waals surface area contributed by atoms with E-state index in [1.807, 2.05) is 24.5 Å². The summed E-state index contributed by atoms with van der Waals surface area (Å²) in [6, 6.07) is 4.75. The molecule has 0 bridgehead atoms. The molecule has 1 aliphatic rings. The molecule has 1 heterocycles. The van der Waals surface area contributed by atoms with Gasteiger partial charge in [0.15, 0.2) is 0 Å². The van der Waals surface area contributed by atoms with Gasteiger partial charge in [-0.15, -0.1) is 0 Å². The molecule has 0 amide bonds. The Hall–Kier alpha value is -0.970. The predicted octanol–water partition coefficient (Wildman–Crippen LogP) is 0.669. The van der Waals surface area contributed by atoms with Crippen molar-refractivity contribution < 1.29 is 5.11 Å². The zero-order valence-corrected chi connectivity index (χ0v) is 11.0. The summed E-state index contributed by atoms with van der Waals surface area (Å²) in [5, 5.41) is 13.2. The Labute approximate surface area is 109 Å². The molecule has 0 radical (unpaired) electrons. The molecule has 1 saturated carbocycles. The van der Waals surface area contributed by atoms with Crippen LogP contribution in [-0.2, 0) is 6.42 Å². The Morgan fingerprint density at radius 2 is 2.17 bits per heavy atom. The first-order chi connectivity index (χ1) is 8.74. The minimum atomic E-state index is -0.270. The van der Waals surface area contributed by atoms with E-state index in [-0.39, 0.29) is 6.10 Å². The van der Waals surface area contributed by atoms with E-state index < -0.39 is 0 Å². The van der Waals surface area contributed by atoms with Crippen LogP contribution in [0.1, 0.15) is 18.4 Å². The van der Waals surface area contributed by atoms with Crippen LogP contribution in [0.5, 0.6) is 0 Å². The van der Waals surface area contributed by atoms with Crippen molar-refractivity contribution in [2.45, 2.75) is 31.4 Å². The SMILES string of the molecule is CN(CCc1ccncc1)CC(O)CNC1CC1. The summed E-state index contributed by atoms with van der Waals surface area (Å²) in [4.78, 5) is 6.19. The van der Waals surface area contributed by atoms with Crippen LogP contribution < -0.4 is 5.32 Å². The third kappa shape index (κ3) is 5.12. The number of aliphatic hydroxyl groups excluding tert-OH is 1. The monoisotopic (exact) mass is 249 g/mol. The van der Waals surface area contributed by atoms with Gasteiger partial charge in [0, 0.05) is 38.1 Å². The molecule has 1 fully saturated rings. The van der Waals surface area contributed by atoms with Gasteiger partial charge in [-0.05, 0) is 44.0 Å². The second-order valence-corrected chi connectivity index (χ2v) is 5.20. The van der Waals surface area contributed by atoms with E-state index in [1.165, 1.54) is 18.4 Å². The van der Waals surface area contributed by atoms with Crippen LogP contribution in [0.3, 0.4) is 0 Å². The van der Waals surface area contributed by atoms with Crippen LogP contribution in [0, 0.1) is 0 Å². The first-order valence-corrected chi connectivity index (χ1v) is 6.73. The smallest absolute Gasteiger partial charge is 0.0791 e. The maximum absolute atomic E-state index is 9.88. The number of rotatable bonds is 8. The Morgan fingerprint density at radius 3 is 2.83 bits per heavy atom. The van der Waals surface area contributed by atoms with E-state index >= 15 is 0 Å². The molecule has 1 aliphatic carbocycles. The van der Waals surface area contributed by atoms with Crippen molar-refractivity contribution in [1.29, 1.82) is 0 Å². The molecule has 1 aromatic rings. The van der Waals surface area contributed by atoms with Gasteiger partial charge in [0.25, 0.3) is 0 Å². The van der Waals surface area contributed by atoms with Crippen LogP contribution in [0.4, 0.5) is 0 Å². The van der Waals surface area contributed by atoms with Gasteiger partial charge in [0.05, 0.1) is 6.10 Å². The van der Waals surface area contributed by atoms with Gasteiger partial charge >= 0.3 is 0 Å². The van der Waals surface area contributed by atoms with E-state index in [0.717, 1.165) is 19.5 Å². The second-order valence-electron chi connectivity index (χ2n) is 5.20. The molecule has 100 valence electrons. The van der Waals surface area contributed by atoms with Crippen LogP contribution in [0.2, 0.25) is 0 Å². The molecule has 4 heteroatoms. The van der Waals surface area contributed by atoms with Gasteiger partial charge in [-0.2, -0.15) is 0 Å². The lowest BCUT2D eigenvalue weighted by Gasteiger charge is -2.20. The number of hydrogen-bond donors (Lipinski definition) is 2. The minimum absolute atomic E-state index is 0.270. The highest BCUT2D eigenvalue weighted by Gasteiger charge is 2.21. The summed E-state index contributed by atoms with van der Waals surface area (Å²) < 4.78 is 0. The summed E-state index contributed by atoms with van der Waals surface area (Å²) in [7, 11) is 2.06. The topological polar surface area (TPSA) is 48.4 Å². The molecule has 0 aromatic carbocycles. The Bertz CT molecular complexity index is 340. The normalized spacial score (nSPS) is 17.1. The highest BCUT2D eigenvalue weighted by Crippen LogP contribution is 2.18. The fourth-order valence-electron chi connectivity index (χ4n) is 1.98. The summed E-state index contributed by atoms with van der Waals surface area (Å²) >= 11 is 0. The molecule has 2 rings (SSSR count). The maximum Gasteiger partial charge on any atom is 0.0791 e. The summed E-state index contributed by atoms with van der Waals surface area (Å²) in [6.45, 7) is 2.40. The number of pyridine rings is 1. The number of aromatic nitrogens is 1. The zero-order chi connectivity index (χ0) is 12.8. The van der Waals surface area contributed by atoms with Crippen molar-refractivity contribution in [1.82, 2.24) is 15.2 Å². The molecule has 2 N–H and O–H groups in total. The minimum Gasteiger partial charge on any atom is -0.390 e. The molecule has 4 nitrogen and oxygen atoms in total. The molecule has 0 saturated heterocycles. The standard InChI is InChI=1S/C14H23N3O/c1-17(9-6-12-4-7-15-8-5-12)11-14(18)10-16-13-2-3-13/h4-5,7-8,13-14,16,18H,2-3,6,9-11H2,1H3. The summed E-state index contributed by atoms with van der Waals surface area (Å²) in [5.41, 5.74) is 1.29. The molecular weight excluding hydrogens is 226 g/mol. The largest absolute Gasteiger partial charge is 0.390 e.